The molecule has 1 saturated heterocycles. The summed E-state index contributed by atoms with van der Waals surface area (Å²) in [5.41, 5.74) is 0.364. The van der Waals surface area contributed by atoms with Gasteiger partial charge in [-0.3, -0.25) is 0 Å². The minimum Gasteiger partial charge on any atom is -0.504 e. The summed E-state index contributed by atoms with van der Waals surface area (Å²) >= 11 is 0. The number of carbonyl (C=O) groups excluding carboxylic acids is 1. The first-order chi connectivity index (χ1) is 7.09. The van der Waals surface area contributed by atoms with Gasteiger partial charge in [0.2, 0.25) is 5.75 Å². The van der Waals surface area contributed by atoms with E-state index in [9.17, 15) is 15.0 Å². The minimum atomic E-state index is -0.575. The number of phenolic OH excluding ortho intramolecular Hbond substituents is 3. The fourth-order valence-corrected chi connectivity index (χ4v) is 1.51. The molecule has 6 nitrogen and oxygen atoms in total. The van der Waals surface area contributed by atoms with Crippen molar-refractivity contribution < 1.29 is 20.1 Å². The van der Waals surface area contributed by atoms with Crippen molar-refractivity contribution in [2.45, 2.75) is 6.04 Å². The van der Waals surface area contributed by atoms with Crippen molar-refractivity contribution in [1.29, 1.82) is 0 Å². The van der Waals surface area contributed by atoms with Gasteiger partial charge in [0.1, 0.15) is 0 Å². The maximum atomic E-state index is 10.9. The molecule has 0 spiro atoms. The zero-order chi connectivity index (χ0) is 11.0. The molecule has 1 aromatic carbocycles. The molecule has 0 aliphatic carbocycles. The summed E-state index contributed by atoms with van der Waals surface area (Å²) in [7, 11) is 0. The van der Waals surface area contributed by atoms with Crippen LogP contribution in [0.4, 0.5) is 4.79 Å². The average molecular weight is 210 g/mol. The van der Waals surface area contributed by atoms with Gasteiger partial charge in [-0.2, -0.15) is 0 Å². The number of aromatic hydroxyl groups is 3. The van der Waals surface area contributed by atoms with Crippen LogP contribution >= 0.6 is 0 Å². The number of nitrogens with one attached hydrogen (secondary N) is 2. The molecular formula is C9H10N2O4. The van der Waals surface area contributed by atoms with Crippen LogP contribution < -0.4 is 10.6 Å². The number of urea groups is 1. The third-order valence-electron chi connectivity index (χ3n) is 2.31. The molecule has 0 bridgehead atoms. The smallest absolute Gasteiger partial charge is 0.315 e. The zero-order valence-electron chi connectivity index (χ0n) is 7.69. The number of hydrogen-bond acceptors (Lipinski definition) is 4. The van der Waals surface area contributed by atoms with Crippen molar-refractivity contribution in [3.63, 3.8) is 0 Å². The number of benzene rings is 1. The van der Waals surface area contributed by atoms with Gasteiger partial charge in [0.25, 0.3) is 0 Å². The van der Waals surface area contributed by atoms with E-state index < -0.39 is 23.3 Å². The molecular weight excluding hydrogens is 200 g/mol. The number of carbonyl (C=O) groups is 1. The normalized spacial score (nSPS) is 19.7. The molecule has 1 fully saturated rings. The first kappa shape index (κ1) is 9.45. The molecule has 1 heterocycles. The third kappa shape index (κ3) is 1.50. The van der Waals surface area contributed by atoms with Crippen molar-refractivity contribution in [3.8, 4) is 17.2 Å². The highest BCUT2D eigenvalue weighted by molar-refractivity contribution is 5.77. The molecule has 1 atom stereocenters. The molecule has 0 aromatic heterocycles. The van der Waals surface area contributed by atoms with Gasteiger partial charge in [0, 0.05) is 12.1 Å². The van der Waals surface area contributed by atoms with Gasteiger partial charge in [-0.05, 0) is 12.1 Å². The van der Waals surface area contributed by atoms with E-state index >= 15 is 0 Å². The molecule has 15 heavy (non-hydrogen) atoms. The quantitative estimate of drug-likeness (QED) is 0.426. The average Bonchev–Trinajstić information content (AvgIpc) is 2.61. The van der Waals surface area contributed by atoms with Crippen molar-refractivity contribution in [3.05, 3.63) is 17.7 Å². The summed E-state index contributed by atoms with van der Waals surface area (Å²) in [6.45, 7) is 0.330. The molecule has 80 valence electrons. The summed E-state index contributed by atoms with van der Waals surface area (Å²) in [5.74, 6) is -1.38. The Morgan fingerprint density at radius 3 is 2.53 bits per heavy atom. The van der Waals surface area contributed by atoms with Crippen LogP contribution in [0.15, 0.2) is 12.1 Å². The fraction of sp³-hybridized carbons (Fsp3) is 0.222. The maximum absolute atomic E-state index is 10.9. The molecule has 1 aliphatic rings. The van der Waals surface area contributed by atoms with Crippen molar-refractivity contribution in [2.75, 3.05) is 6.54 Å². The molecule has 0 unspecified atom stereocenters. The Kier molecular flexibility index (Phi) is 2.03. The van der Waals surface area contributed by atoms with Gasteiger partial charge in [0.15, 0.2) is 11.5 Å². The van der Waals surface area contributed by atoms with Crippen LogP contribution in [0, 0.1) is 0 Å². The Hall–Kier alpha value is -2.11. The lowest BCUT2D eigenvalue weighted by Crippen LogP contribution is -2.21. The molecule has 0 radical (unpaired) electrons. The van der Waals surface area contributed by atoms with Crippen LogP contribution in [0.5, 0.6) is 17.2 Å². The van der Waals surface area contributed by atoms with E-state index in [0.29, 0.717) is 12.1 Å². The largest absolute Gasteiger partial charge is 0.504 e. The van der Waals surface area contributed by atoms with E-state index in [1.54, 1.807) is 0 Å². The Balaban J connectivity index is 2.37. The lowest BCUT2D eigenvalue weighted by molar-refractivity contribution is 0.247. The molecule has 0 saturated carbocycles. The summed E-state index contributed by atoms with van der Waals surface area (Å²) in [5, 5.41) is 33.0. The van der Waals surface area contributed by atoms with Gasteiger partial charge in [0.05, 0.1) is 6.04 Å². The van der Waals surface area contributed by atoms with Gasteiger partial charge in [-0.25, -0.2) is 4.79 Å². The monoisotopic (exact) mass is 210 g/mol. The van der Waals surface area contributed by atoms with Crippen LogP contribution in [-0.2, 0) is 0 Å². The number of amides is 2. The van der Waals surface area contributed by atoms with Crippen molar-refractivity contribution in [1.82, 2.24) is 10.6 Å². The van der Waals surface area contributed by atoms with Gasteiger partial charge < -0.3 is 26.0 Å². The summed E-state index contributed by atoms with van der Waals surface area (Å²) < 4.78 is 0. The second-order valence-corrected chi connectivity index (χ2v) is 3.28. The van der Waals surface area contributed by atoms with Gasteiger partial charge >= 0.3 is 6.03 Å². The fourth-order valence-electron chi connectivity index (χ4n) is 1.51. The topological polar surface area (TPSA) is 102 Å². The first-order valence-electron chi connectivity index (χ1n) is 4.37. The predicted molar refractivity (Wildman–Crippen MR) is 50.7 cm³/mol. The van der Waals surface area contributed by atoms with Crippen LogP contribution in [0.1, 0.15) is 11.6 Å². The Bertz CT molecular complexity index is 419. The van der Waals surface area contributed by atoms with E-state index in [1.165, 1.54) is 12.1 Å². The van der Waals surface area contributed by atoms with Crippen LogP contribution in [-0.4, -0.2) is 27.9 Å². The molecule has 1 aromatic rings. The highest BCUT2D eigenvalue weighted by Gasteiger charge is 2.25. The summed E-state index contributed by atoms with van der Waals surface area (Å²) in [4.78, 5) is 10.9. The van der Waals surface area contributed by atoms with Crippen molar-refractivity contribution in [2.24, 2.45) is 0 Å². The second kappa shape index (κ2) is 3.23. The minimum absolute atomic E-state index is 0.327. The van der Waals surface area contributed by atoms with Crippen molar-refractivity contribution >= 4 is 6.03 Å². The lowest BCUT2D eigenvalue weighted by Gasteiger charge is -2.12. The lowest BCUT2D eigenvalue weighted by atomic mass is 10.1. The number of rotatable bonds is 1. The Labute approximate surface area is 85.2 Å². The standard InChI is InChI=1S/C9H10N2O4/c12-6-2-1-4(7(13)8(6)14)5-3-10-9(15)11-5/h1-2,5,12-14H,3H2,(H2,10,11,15)/t5-/m1/s1. The van der Waals surface area contributed by atoms with E-state index in [0.717, 1.165) is 0 Å². The SMILES string of the molecule is O=C1NC[C@H](c2ccc(O)c(O)c2O)N1. The molecule has 6 heteroatoms. The van der Waals surface area contributed by atoms with E-state index in [2.05, 4.69) is 10.6 Å². The maximum Gasteiger partial charge on any atom is 0.315 e. The summed E-state index contributed by atoms with van der Waals surface area (Å²) in [6.07, 6.45) is 0. The van der Waals surface area contributed by atoms with Crippen LogP contribution in [0.3, 0.4) is 0 Å². The third-order valence-corrected chi connectivity index (χ3v) is 2.31. The number of hydrogen-bond donors (Lipinski definition) is 5. The molecule has 1 aliphatic heterocycles. The summed E-state index contributed by atoms with van der Waals surface area (Å²) in [6, 6.07) is 1.98. The Morgan fingerprint density at radius 1 is 1.20 bits per heavy atom. The second-order valence-electron chi connectivity index (χ2n) is 3.28. The highest BCUT2D eigenvalue weighted by atomic mass is 16.3. The highest BCUT2D eigenvalue weighted by Crippen LogP contribution is 2.39. The number of phenols is 3. The van der Waals surface area contributed by atoms with E-state index in [4.69, 9.17) is 5.11 Å². The van der Waals surface area contributed by atoms with Crippen LogP contribution in [0.25, 0.3) is 0 Å². The van der Waals surface area contributed by atoms with Gasteiger partial charge in [-0.1, -0.05) is 0 Å². The molecule has 2 amide bonds. The predicted octanol–water partition coefficient (Wildman–Crippen LogP) is 0.157. The molecule has 5 N–H and O–H groups in total. The first-order valence-corrected chi connectivity index (χ1v) is 4.37. The molecule has 2 rings (SSSR count). The van der Waals surface area contributed by atoms with E-state index in [-0.39, 0.29) is 6.03 Å². The van der Waals surface area contributed by atoms with Gasteiger partial charge in [-0.15, -0.1) is 0 Å². The zero-order valence-corrected chi connectivity index (χ0v) is 7.69. The van der Waals surface area contributed by atoms with Crippen LogP contribution in [0.2, 0.25) is 0 Å². The Morgan fingerprint density at radius 2 is 1.93 bits per heavy atom. The van der Waals surface area contributed by atoms with E-state index in [1.807, 2.05) is 0 Å².